The van der Waals surface area contributed by atoms with E-state index in [2.05, 4.69) is 0 Å². The van der Waals surface area contributed by atoms with Crippen molar-refractivity contribution in [3.05, 3.63) is 65.7 Å². The minimum absolute atomic E-state index is 0.0157. The summed E-state index contributed by atoms with van der Waals surface area (Å²) in [5, 5.41) is 0. The molecular formula is C14H13F2NO. The van der Waals surface area contributed by atoms with Crippen LogP contribution in [0.15, 0.2) is 48.5 Å². The van der Waals surface area contributed by atoms with Gasteiger partial charge < -0.3 is 10.5 Å². The second-order valence-corrected chi connectivity index (χ2v) is 3.87. The van der Waals surface area contributed by atoms with E-state index in [9.17, 15) is 8.78 Å². The maximum absolute atomic E-state index is 13.5. The van der Waals surface area contributed by atoms with Gasteiger partial charge in [-0.1, -0.05) is 24.3 Å². The number of hydrogen-bond acceptors (Lipinski definition) is 2. The van der Waals surface area contributed by atoms with Gasteiger partial charge in [0.15, 0.2) is 0 Å². The quantitative estimate of drug-likeness (QED) is 0.903. The predicted molar refractivity (Wildman–Crippen MR) is 65.2 cm³/mol. The molecular weight excluding hydrogens is 236 g/mol. The molecule has 4 heteroatoms. The summed E-state index contributed by atoms with van der Waals surface area (Å²) in [6, 6.07) is 11.8. The fourth-order valence-corrected chi connectivity index (χ4v) is 1.65. The Morgan fingerprint density at radius 1 is 0.944 bits per heavy atom. The van der Waals surface area contributed by atoms with E-state index in [4.69, 9.17) is 10.5 Å². The summed E-state index contributed by atoms with van der Waals surface area (Å²) in [5.74, 6) is -0.692. The average Bonchev–Trinajstić information content (AvgIpc) is 2.37. The molecule has 2 aromatic carbocycles. The molecule has 0 heterocycles. The summed E-state index contributed by atoms with van der Waals surface area (Å²) < 4.78 is 32.3. The number of nitrogens with two attached hydrogens (primary N) is 1. The molecule has 0 fully saturated rings. The fraction of sp³-hybridized carbons (Fsp3) is 0.143. The van der Waals surface area contributed by atoms with Crippen molar-refractivity contribution >= 4 is 0 Å². The number of ether oxygens (including phenoxy) is 1. The number of benzene rings is 2. The van der Waals surface area contributed by atoms with Crippen LogP contribution >= 0.6 is 0 Å². The highest BCUT2D eigenvalue weighted by Gasteiger charge is 2.16. The van der Waals surface area contributed by atoms with E-state index >= 15 is 0 Å². The molecule has 0 saturated carbocycles. The fourth-order valence-electron chi connectivity index (χ4n) is 1.65. The van der Waals surface area contributed by atoms with Crippen molar-refractivity contribution < 1.29 is 13.5 Å². The van der Waals surface area contributed by atoms with Crippen molar-refractivity contribution in [2.24, 2.45) is 5.73 Å². The standard InChI is InChI=1S/C14H13F2NO/c15-11-7-4-8-12(16)14(11)13(17)9-18-10-5-2-1-3-6-10/h1-8,13H,9,17H2. The zero-order valence-electron chi connectivity index (χ0n) is 9.64. The topological polar surface area (TPSA) is 35.2 Å². The molecule has 0 aromatic heterocycles. The van der Waals surface area contributed by atoms with E-state index in [1.807, 2.05) is 18.2 Å². The summed E-state index contributed by atoms with van der Waals surface area (Å²) in [5.41, 5.74) is 5.59. The molecule has 0 aliphatic carbocycles. The van der Waals surface area contributed by atoms with E-state index in [1.165, 1.54) is 18.2 Å². The van der Waals surface area contributed by atoms with Gasteiger partial charge in [-0.25, -0.2) is 8.78 Å². The zero-order valence-corrected chi connectivity index (χ0v) is 9.64. The number of hydrogen-bond donors (Lipinski definition) is 1. The van der Waals surface area contributed by atoms with Crippen molar-refractivity contribution in [1.82, 2.24) is 0 Å². The summed E-state index contributed by atoms with van der Waals surface area (Å²) in [6.07, 6.45) is 0. The van der Waals surface area contributed by atoms with Gasteiger partial charge in [-0.15, -0.1) is 0 Å². The maximum Gasteiger partial charge on any atom is 0.131 e. The monoisotopic (exact) mass is 249 g/mol. The Labute approximate surface area is 104 Å². The Balaban J connectivity index is 2.06. The van der Waals surface area contributed by atoms with Crippen molar-refractivity contribution in [3.63, 3.8) is 0 Å². The number of rotatable bonds is 4. The van der Waals surface area contributed by atoms with Crippen LogP contribution in [0, 0.1) is 11.6 Å². The normalized spacial score (nSPS) is 12.2. The van der Waals surface area contributed by atoms with Crippen molar-refractivity contribution in [2.75, 3.05) is 6.61 Å². The molecule has 0 spiro atoms. The predicted octanol–water partition coefficient (Wildman–Crippen LogP) is 3.04. The Bertz CT molecular complexity index is 496. The third-order valence-corrected chi connectivity index (χ3v) is 2.54. The van der Waals surface area contributed by atoms with Gasteiger partial charge in [-0.2, -0.15) is 0 Å². The molecule has 1 unspecified atom stereocenters. The van der Waals surface area contributed by atoms with E-state index in [1.54, 1.807) is 12.1 Å². The van der Waals surface area contributed by atoms with Crippen LogP contribution in [-0.2, 0) is 0 Å². The first kappa shape index (κ1) is 12.5. The highest BCUT2D eigenvalue weighted by Crippen LogP contribution is 2.20. The summed E-state index contributed by atoms with van der Waals surface area (Å²) in [4.78, 5) is 0. The van der Waals surface area contributed by atoms with Gasteiger partial charge in [-0.05, 0) is 24.3 Å². The second kappa shape index (κ2) is 5.60. The van der Waals surface area contributed by atoms with E-state index in [0.717, 1.165) is 0 Å². The Morgan fingerprint density at radius 3 is 2.17 bits per heavy atom. The van der Waals surface area contributed by atoms with Crippen LogP contribution in [0.1, 0.15) is 11.6 Å². The Morgan fingerprint density at radius 2 is 1.56 bits per heavy atom. The van der Waals surface area contributed by atoms with Gasteiger partial charge in [0.1, 0.15) is 24.0 Å². The molecule has 2 N–H and O–H groups in total. The van der Waals surface area contributed by atoms with Crippen molar-refractivity contribution in [1.29, 1.82) is 0 Å². The van der Waals surface area contributed by atoms with Crippen LogP contribution in [0.25, 0.3) is 0 Å². The van der Waals surface area contributed by atoms with Crippen molar-refractivity contribution in [3.8, 4) is 5.75 Å². The Hall–Kier alpha value is -1.94. The highest BCUT2D eigenvalue weighted by molar-refractivity contribution is 5.24. The van der Waals surface area contributed by atoms with E-state index in [0.29, 0.717) is 5.75 Å². The largest absolute Gasteiger partial charge is 0.492 e. The number of para-hydroxylation sites is 1. The molecule has 18 heavy (non-hydrogen) atoms. The van der Waals surface area contributed by atoms with Gasteiger partial charge >= 0.3 is 0 Å². The molecule has 2 rings (SSSR count). The average molecular weight is 249 g/mol. The molecule has 2 aromatic rings. The summed E-state index contributed by atoms with van der Waals surface area (Å²) >= 11 is 0. The molecule has 0 aliphatic rings. The van der Waals surface area contributed by atoms with Crippen LogP contribution in [-0.4, -0.2) is 6.61 Å². The van der Waals surface area contributed by atoms with Crippen LogP contribution in [0.4, 0.5) is 8.78 Å². The van der Waals surface area contributed by atoms with Gasteiger partial charge in [0.2, 0.25) is 0 Å². The van der Waals surface area contributed by atoms with Crippen molar-refractivity contribution in [2.45, 2.75) is 6.04 Å². The second-order valence-electron chi connectivity index (χ2n) is 3.87. The first-order valence-electron chi connectivity index (χ1n) is 5.56. The summed E-state index contributed by atoms with van der Waals surface area (Å²) in [6.45, 7) is 0.0157. The maximum atomic E-state index is 13.5. The van der Waals surface area contributed by atoms with Crippen LogP contribution < -0.4 is 10.5 Å². The molecule has 2 nitrogen and oxygen atoms in total. The minimum Gasteiger partial charge on any atom is -0.492 e. The Kier molecular flexibility index (Phi) is 3.89. The van der Waals surface area contributed by atoms with Gasteiger partial charge in [-0.3, -0.25) is 0 Å². The van der Waals surface area contributed by atoms with Gasteiger partial charge in [0, 0.05) is 5.56 Å². The first-order valence-corrected chi connectivity index (χ1v) is 5.56. The molecule has 0 amide bonds. The van der Waals surface area contributed by atoms with Gasteiger partial charge in [0.25, 0.3) is 0 Å². The lowest BCUT2D eigenvalue weighted by Crippen LogP contribution is -2.21. The molecule has 94 valence electrons. The summed E-state index contributed by atoms with van der Waals surface area (Å²) in [7, 11) is 0. The minimum atomic E-state index is -0.841. The SMILES string of the molecule is NC(COc1ccccc1)c1c(F)cccc1F. The van der Waals surface area contributed by atoms with Crippen LogP contribution in [0.2, 0.25) is 0 Å². The molecule has 0 aliphatic heterocycles. The van der Waals surface area contributed by atoms with Gasteiger partial charge in [0.05, 0.1) is 6.04 Å². The molecule has 1 atom stereocenters. The highest BCUT2D eigenvalue weighted by atomic mass is 19.1. The van der Waals surface area contributed by atoms with Crippen LogP contribution in [0.5, 0.6) is 5.75 Å². The lowest BCUT2D eigenvalue weighted by Gasteiger charge is -2.15. The lowest BCUT2D eigenvalue weighted by molar-refractivity contribution is 0.284. The zero-order chi connectivity index (χ0) is 13.0. The molecule has 0 radical (unpaired) electrons. The third kappa shape index (κ3) is 2.84. The van der Waals surface area contributed by atoms with E-state index < -0.39 is 17.7 Å². The lowest BCUT2D eigenvalue weighted by atomic mass is 10.1. The van der Waals surface area contributed by atoms with E-state index in [-0.39, 0.29) is 12.2 Å². The first-order chi connectivity index (χ1) is 8.68. The molecule has 0 bridgehead atoms. The third-order valence-electron chi connectivity index (χ3n) is 2.54. The smallest absolute Gasteiger partial charge is 0.131 e. The van der Waals surface area contributed by atoms with Crippen LogP contribution in [0.3, 0.4) is 0 Å². The number of halogens is 2. The molecule has 0 saturated heterocycles.